The number of rotatable bonds is 3. The van der Waals surface area contributed by atoms with Crippen molar-refractivity contribution < 1.29 is 13.2 Å². The third kappa shape index (κ3) is 3.40. The zero-order valence-corrected chi connectivity index (χ0v) is 11.5. The molecule has 0 saturated carbocycles. The predicted molar refractivity (Wildman–Crippen MR) is 74.7 cm³/mol. The number of hydrogen-bond acceptors (Lipinski definition) is 4. The number of primary sulfonamides is 1. The molecule has 0 radical (unpaired) electrons. The van der Waals surface area contributed by atoms with Gasteiger partial charge in [0.1, 0.15) is 0 Å². The minimum atomic E-state index is -3.80. The van der Waals surface area contributed by atoms with Gasteiger partial charge in [-0.2, -0.15) is 0 Å². The number of carbonyl (C=O) groups is 1. The van der Waals surface area contributed by atoms with Crippen molar-refractivity contribution in [1.29, 1.82) is 0 Å². The van der Waals surface area contributed by atoms with Crippen LogP contribution in [0.15, 0.2) is 47.5 Å². The van der Waals surface area contributed by atoms with Crippen molar-refractivity contribution in [3.05, 3.63) is 53.9 Å². The summed E-state index contributed by atoms with van der Waals surface area (Å²) in [6.07, 6.45) is 1.45. The largest absolute Gasteiger partial charge is 0.322 e. The SMILES string of the molecule is Cc1ccc(C(=O)Nc2cccc(S(N)(=O)=O)c2)cn1. The van der Waals surface area contributed by atoms with Gasteiger partial charge in [-0.3, -0.25) is 9.78 Å². The molecule has 20 heavy (non-hydrogen) atoms. The van der Waals surface area contributed by atoms with Crippen molar-refractivity contribution in [2.24, 2.45) is 5.14 Å². The van der Waals surface area contributed by atoms with Gasteiger partial charge in [0.15, 0.2) is 0 Å². The van der Waals surface area contributed by atoms with E-state index in [1.165, 1.54) is 24.4 Å². The zero-order valence-electron chi connectivity index (χ0n) is 10.7. The molecule has 0 atom stereocenters. The molecule has 1 heterocycles. The number of hydrogen-bond donors (Lipinski definition) is 2. The number of nitrogens with zero attached hydrogens (tertiary/aromatic N) is 1. The first-order valence-electron chi connectivity index (χ1n) is 5.73. The Morgan fingerprint density at radius 1 is 1.25 bits per heavy atom. The molecule has 7 heteroatoms. The molecule has 2 rings (SSSR count). The number of sulfonamides is 1. The van der Waals surface area contributed by atoms with Crippen molar-refractivity contribution >= 4 is 21.6 Å². The number of carbonyl (C=O) groups excluding carboxylic acids is 1. The number of amides is 1. The molecule has 0 bridgehead atoms. The molecule has 104 valence electrons. The van der Waals surface area contributed by atoms with Gasteiger partial charge in [0.05, 0.1) is 10.5 Å². The predicted octanol–water partition coefficient (Wildman–Crippen LogP) is 1.29. The molecule has 6 nitrogen and oxygen atoms in total. The third-order valence-corrected chi connectivity index (χ3v) is 3.50. The minimum absolute atomic E-state index is 0.0580. The maximum Gasteiger partial charge on any atom is 0.257 e. The average Bonchev–Trinajstić information content (AvgIpc) is 2.38. The summed E-state index contributed by atoms with van der Waals surface area (Å²) in [5.41, 5.74) is 1.54. The van der Waals surface area contributed by atoms with Gasteiger partial charge >= 0.3 is 0 Å². The molecule has 0 aliphatic rings. The molecule has 0 saturated heterocycles. The van der Waals surface area contributed by atoms with Gasteiger partial charge in [-0.1, -0.05) is 6.07 Å². The molecule has 3 N–H and O–H groups in total. The maximum atomic E-state index is 12.0. The Labute approximate surface area is 116 Å². The summed E-state index contributed by atoms with van der Waals surface area (Å²) in [6, 6.07) is 9.10. The van der Waals surface area contributed by atoms with E-state index in [1.54, 1.807) is 18.2 Å². The third-order valence-electron chi connectivity index (χ3n) is 2.59. The van der Waals surface area contributed by atoms with E-state index < -0.39 is 10.0 Å². The zero-order chi connectivity index (χ0) is 14.8. The molecule has 1 aromatic heterocycles. The first-order chi connectivity index (χ1) is 9.36. The van der Waals surface area contributed by atoms with Gasteiger partial charge in [-0.25, -0.2) is 13.6 Å². The van der Waals surface area contributed by atoms with Crippen LogP contribution < -0.4 is 10.5 Å². The molecule has 0 aliphatic heterocycles. The highest BCUT2D eigenvalue weighted by atomic mass is 32.2. The summed E-state index contributed by atoms with van der Waals surface area (Å²) < 4.78 is 22.5. The van der Waals surface area contributed by atoms with Crippen LogP contribution in [-0.4, -0.2) is 19.3 Å². The summed E-state index contributed by atoms with van der Waals surface area (Å²) in [4.78, 5) is 15.9. The van der Waals surface area contributed by atoms with Crippen LogP contribution in [-0.2, 0) is 10.0 Å². The molecule has 0 fully saturated rings. The standard InChI is InChI=1S/C13H13N3O3S/c1-9-5-6-10(8-15-9)13(17)16-11-3-2-4-12(7-11)20(14,18)19/h2-8H,1H3,(H,16,17)(H2,14,18,19). The smallest absolute Gasteiger partial charge is 0.257 e. The molecule has 2 aromatic rings. The van der Waals surface area contributed by atoms with Crippen molar-refractivity contribution in [3.63, 3.8) is 0 Å². The lowest BCUT2D eigenvalue weighted by molar-refractivity contribution is 0.102. The summed E-state index contributed by atoms with van der Waals surface area (Å²) in [7, 11) is -3.80. The van der Waals surface area contributed by atoms with Crippen LogP contribution in [0.4, 0.5) is 5.69 Å². The number of aryl methyl sites for hydroxylation is 1. The second-order valence-electron chi connectivity index (χ2n) is 4.22. The highest BCUT2D eigenvalue weighted by molar-refractivity contribution is 7.89. The van der Waals surface area contributed by atoms with E-state index in [9.17, 15) is 13.2 Å². The minimum Gasteiger partial charge on any atom is -0.322 e. The average molecular weight is 291 g/mol. The van der Waals surface area contributed by atoms with Crippen molar-refractivity contribution in [2.75, 3.05) is 5.32 Å². The Balaban J connectivity index is 2.22. The number of aromatic nitrogens is 1. The Bertz CT molecular complexity index is 740. The van der Waals surface area contributed by atoms with Crippen LogP contribution in [0, 0.1) is 6.92 Å². The fraction of sp³-hybridized carbons (Fsp3) is 0.0769. The Morgan fingerprint density at radius 3 is 2.60 bits per heavy atom. The molecular formula is C13H13N3O3S. The molecule has 0 aliphatic carbocycles. The summed E-state index contributed by atoms with van der Waals surface area (Å²) in [5, 5.41) is 7.62. The summed E-state index contributed by atoms with van der Waals surface area (Å²) >= 11 is 0. The van der Waals surface area contributed by atoms with Gasteiger partial charge in [-0.05, 0) is 37.3 Å². The topological polar surface area (TPSA) is 102 Å². The lowest BCUT2D eigenvalue weighted by Crippen LogP contribution is -2.15. The van der Waals surface area contributed by atoms with E-state index in [4.69, 9.17) is 5.14 Å². The highest BCUT2D eigenvalue weighted by Gasteiger charge is 2.10. The maximum absolute atomic E-state index is 12.0. The molecule has 1 amide bonds. The van der Waals surface area contributed by atoms with Gasteiger partial charge in [0.2, 0.25) is 10.0 Å². The lowest BCUT2D eigenvalue weighted by atomic mass is 10.2. The monoisotopic (exact) mass is 291 g/mol. The van der Waals surface area contributed by atoms with Crippen molar-refractivity contribution in [1.82, 2.24) is 4.98 Å². The normalized spacial score (nSPS) is 11.1. The second kappa shape index (κ2) is 5.40. The van der Waals surface area contributed by atoms with E-state index in [1.807, 2.05) is 6.92 Å². The number of pyridine rings is 1. The summed E-state index contributed by atoms with van der Waals surface area (Å²) in [6.45, 7) is 1.82. The first kappa shape index (κ1) is 14.2. The highest BCUT2D eigenvalue weighted by Crippen LogP contribution is 2.15. The molecule has 0 spiro atoms. The van der Waals surface area contributed by atoms with Gasteiger partial charge < -0.3 is 5.32 Å². The van der Waals surface area contributed by atoms with Crippen LogP contribution in [0.25, 0.3) is 0 Å². The van der Waals surface area contributed by atoms with Gasteiger partial charge in [0, 0.05) is 17.6 Å². The fourth-order valence-corrected chi connectivity index (χ4v) is 2.12. The number of anilines is 1. The summed E-state index contributed by atoms with van der Waals surface area (Å²) in [5.74, 6) is -0.371. The van der Waals surface area contributed by atoms with Crippen LogP contribution >= 0.6 is 0 Å². The van der Waals surface area contributed by atoms with Crippen LogP contribution in [0.2, 0.25) is 0 Å². The van der Waals surface area contributed by atoms with E-state index in [0.29, 0.717) is 11.3 Å². The van der Waals surface area contributed by atoms with E-state index in [-0.39, 0.29) is 10.8 Å². The quantitative estimate of drug-likeness (QED) is 0.889. The van der Waals surface area contributed by atoms with E-state index >= 15 is 0 Å². The van der Waals surface area contributed by atoms with E-state index in [0.717, 1.165) is 5.69 Å². The first-order valence-corrected chi connectivity index (χ1v) is 7.28. The van der Waals surface area contributed by atoms with Crippen LogP contribution in [0.1, 0.15) is 16.1 Å². The Hall–Kier alpha value is -2.25. The molecule has 1 aromatic carbocycles. The lowest BCUT2D eigenvalue weighted by Gasteiger charge is -2.06. The Kier molecular flexibility index (Phi) is 3.82. The van der Waals surface area contributed by atoms with Gasteiger partial charge in [-0.15, -0.1) is 0 Å². The van der Waals surface area contributed by atoms with E-state index in [2.05, 4.69) is 10.3 Å². The number of nitrogens with one attached hydrogen (secondary N) is 1. The van der Waals surface area contributed by atoms with Crippen LogP contribution in [0.5, 0.6) is 0 Å². The van der Waals surface area contributed by atoms with Crippen molar-refractivity contribution in [3.8, 4) is 0 Å². The molecule has 0 unspecified atom stereocenters. The fourth-order valence-electron chi connectivity index (χ4n) is 1.56. The Morgan fingerprint density at radius 2 is 2.00 bits per heavy atom. The number of benzene rings is 1. The number of nitrogens with two attached hydrogens (primary N) is 1. The van der Waals surface area contributed by atoms with Gasteiger partial charge in [0.25, 0.3) is 5.91 Å². The second-order valence-corrected chi connectivity index (χ2v) is 5.78. The van der Waals surface area contributed by atoms with Crippen LogP contribution in [0.3, 0.4) is 0 Å². The molecular weight excluding hydrogens is 278 g/mol. The van der Waals surface area contributed by atoms with Crippen molar-refractivity contribution in [2.45, 2.75) is 11.8 Å².